The molecule has 1 saturated heterocycles. The molecule has 7 nitrogen and oxygen atoms in total. The van der Waals surface area contributed by atoms with Gasteiger partial charge in [0, 0.05) is 19.2 Å². The Morgan fingerprint density at radius 2 is 1.82 bits per heavy atom. The Kier molecular flexibility index (Phi) is 7.08. The van der Waals surface area contributed by atoms with Crippen LogP contribution in [0.25, 0.3) is 16.8 Å². The normalized spacial score (nSPS) is 15.1. The van der Waals surface area contributed by atoms with Gasteiger partial charge in [-0.3, -0.25) is 0 Å². The lowest BCUT2D eigenvalue weighted by atomic mass is 10.1. The van der Waals surface area contributed by atoms with E-state index in [2.05, 4.69) is 0 Å². The largest absolute Gasteiger partial charge is 0.495 e. The number of fused-ring (bicyclic) bond motifs is 1. The smallest absolute Gasteiger partial charge is 0.331 e. The number of carbonyl (C=O) groups is 1. The SMILES string of the molecule is COc1ccc(C=CC(=O)OCc2cccc3ccccc23)cc1S(=O)(=O)N1CCOCC1. The molecule has 3 aromatic rings. The van der Waals surface area contributed by atoms with Crippen LogP contribution >= 0.6 is 0 Å². The van der Waals surface area contributed by atoms with E-state index in [0.29, 0.717) is 18.8 Å². The minimum atomic E-state index is -3.75. The highest BCUT2D eigenvalue weighted by atomic mass is 32.2. The lowest BCUT2D eigenvalue weighted by Gasteiger charge is -2.26. The van der Waals surface area contributed by atoms with Gasteiger partial charge in [-0.25, -0.2) is 13.2 Å². The molecule has 0 saturated carbocycles. The van der Waals surface area contributed by atoms with Gasteiger partial charge in [0.15, 0.2) is 0 Å². The molecule has 0 N–H and O–H groups in total. The maximum absolute atomic E-state index is 13.1. The third-order valence-corrected chi connectivity index (χ3v) is 7.36. The molecule has 172 valence electrons. The van der Waals surface area contributed by atoms with Gasteiger partial charge in [0.25, 0.3) is 0 Å². The number of rotatable bonds is 7. The van der Waals surface area contributed by atoms with Crippen molar-refractivity contribution in [3.05, 3.63) is 77.9 Å². The molecular formula is C25H25NO6S. The van der Waals surface area contributed by atoms with Crippen molar-refractivity contribution < 1.29 is 27.4 Å². The topological polar surface area (TPSA) is 82.1 Å². The molecule has 1 fully saturated rings. The van der Waals surface area contributed by atoms with Crippen LogP contribution in [0.3, 0.4) is 0 Å². The lowest BCUT2D eigenvalue weighted by molar-refractivity contribution is -0.138. The van der Waals surface area contributed by atoms with Gasteiger partial charge < -0.3 is 14.2 Å². The molecule has 0 aliphatic carbocycles. The van der Waals surface area contributed by atoms with Crippen LogP contribution in [0.2, 0.25) is 0 Å². The summed E-state index contributed by atoms with van der Waals surface area (Å²) >= 11 is 0. The first-order valence-electron chi connectivity index (χ1n) is 10.6. The number of benzene rings is 3. The molecule has 8 heteroatoms. The monoisotopic (exact) mass is 467 g/mol. The molecule has 0 radical (unpaired) electrons. The average molecular weight is 468 g/mol. The van der Waals surface area contributed by atoms with Gasteiger partial charge in [0.1, 0.15) is 17.3 Å². The van der Waals surface area contributed by atoms with Gasteiger partial charge in [-0.2, -0.15) is 4.31 Å². The summed E-state index contributed by atoms with van der Waals surface area (Å²) in [4.78, 5) is 12.4. The van der Waals surface area contributed by atoms with Gasteiger partial charge in [-0.05, 0) is 40.1 Å². The van der Waals surface area contributed by atoms with Gasteiger partial charge in [0.05, 0.1) is 20.3 Å². The number of nitrogens with zero attached hydrogens (tertiary/aromatic N) is 1. The highest BCUT2D eigenvalue weighted by Crippen LogP contribution is 2.29. The van der Waals surface area contributed by atoms with E-state index in [1.165, 1.54) is 29.6 Å². The molecule has 33 heavy (non-hydrogen) atoms. The van der Waals surface area contributed by atoms with E-state index in [9.17, 15) is 13.2 Å². The van der Waals surface area contributed by atoms with Crippen molar-refractivity contribution in [2.24, 2.45) is 0 Å². The lowest BCUT2D eigenvalue weighted by Crippen LogP contribution is -2.40. The number of hydrogen-bond acceptors (Lipinski definition) is 6. The number of morpholine rings is 1. The summed E-state index contributed by atoms with van der Waals surface area (Å²) in [7, 11) is -2.33. The zero-order valence-electron chi connectivity index (χ0n) is 18.3. The summed E-state index contributed by atoms with van der Waals surface area (Å²) in [5.74, 6) is -0.270. The Balaban J connectivity index is 1.48. The Labute approximate surface area is 193 Å². The van der Waals surface area contributed by atoms with Crippen molar-refractivity contribution in [2.45, 2.75) is 11.5 Å². The minimum Gasteiger partial charge on any atom is -0.495 e. The van der Waals surface area contributed by atoms with Crippen molar-refractivity contribution in [1.29, 1.82) is 0 Å². The van der Waals surface area contributed by atoms with Crippen LogP contribution in [-0.2, 0) is 30.9 Å². The van der Waals surface area contributed by atoms with E-state index in [1.807, 2.05) is 42.5 Å². The van der Waals surface area contributed by atoms with Crippen LogP contribution in [-0.4, -0.2) is 52.1 Å². The molecule has 1 aliphatic heterocycles. The number of ether oxygens (including phenoxy) is 3. The number of carbonyl (C=O) groups excluding carboxylic acids is 1. The molecule has 0 atom stereocenters. The van der Waals surface area contributed by atoms with Crippen LogP contribution < -0.4 is 4.74 Å². The fourth-order valence-corrected chi connectivity index (χ4v) is 5.30. The minimum absolute atomic E-state index is 0.0539. The molecular weight excluding hydrogens is 442 g/mol. The molecule has 0 aromatic heterocycles. The van der Waals surface area contributed by atoms with Crippen LogP contribution in [0.1, 0.15) is 11.1 Å². The van der Waals surface area contributed by atoms with E-state index in [0.717, 1.165) is 16.3 Å². The summed E-state index contributed by atoms with van der Waals surface area (Å²) in [6.45, 7) is 1.41. The summed E-state index contributed by atoms with van der Waals surface area (Å²) in [6, 6.07) is 18.5. The van der Waals surface area contributed by atoms with Gasteiger partial charge in [-0.15, -0.1) is 0 Å². The molecule has 4 rings (SSSR count). The maximum atomic E-state index is 13.1. The standard InChI is InChI=1S/C25H25NO6S/c1-30-23-11-9-19(17-24(23)33(28,29)26-13-15-31-16-14-26)10-12-25(27)32-18-21-7-4-6-20-5-2-3-8-22(20)21/h2-12,17H,13-16,18H2,1H3. The third kappa shape index (κ3) is 5.24. The average Bonchev–Trinajstić information content (AvgIpc) is 2.86. The molecule has 1 heterocycles. The van der Waals surface area contributed by atoms with E-state index in [4.69, 9.17) is 14.2 Å². The predicted octanol–water partition coefficient (Wildman–Crippen LogP) is 3.63. The van der Waals surface area contributed by atoms with E-state index >= 15 is 0 Å². The number of sulfonamides is 1. The van der Waals surface area contributed by atoms with E-state index in [1.54, 1.807) is 12.1 Å². The summed E-state index contributed by atoms with van der Waals surface area (Å²) < 4.78 is 43.5. The molecule has 0 amide bonds. The second-order valence-electron chi connectivity index (χ2n) is 7.51. The first-order chi connectivity index (χ1) is 16.0. The number of hydrogen-bond donors (Lipinski definition) is 0. The molecule has 0 unspecified atom stereocenters. The Morgan fingerprint density at radius 1 is 1.06 bits per heavy atom. The highest BCUT2D eigenvalue weighted by molar-refractivity contribution is 7.89. The molecule has 1 aliphatic rings. The predicted molar refractivity (Wildman–Crippen MR) is 125 cm³/mol. The first-order valence-corrected chi connectivity index (χ1v) is 12.0. The van der Waals surface area contributed by atoms with E-state index in [-0.39, 0.29) is 30.3 Å². The van der Waals surface area contributed by atoms with Gasteiger partial charge in [0.2, 0.25) is 10.0 Å². The van der Waals surface area contributed by atoms with Crippen molar-refractivity contribution in [1.82, 2.24) is 4.31 Å². The first kappa shape index (κ1) is 23.0. The van der Waals surface area contributed by atoms with Crippen molar-refractivity contribution in [3.63, 3.8) is 0 Å². The van der Waals surface area contributed by atoms with Gasteiger partial charge >= 0.3 is 5.97 Å². The quantitative estimate of drug-likeness (QED) is 0.390. The van der Waals surface area contributed by atoms with Crippen LogP contribution in [0.15, 0.2) is 71.6 Å². The highest BCUT2D eigenvalue weighted by Gasteiger charge is 2.29. The third-order valence-electron chi connectivity index (χ3n) is 5.44. The van der Waals surface area contributed by atoms with Crippen molar-refractivity contribution in [3.8, 4) is 5.75 Å². The van der Waals surface area contributed by atoms with Gasteiger partial charge in [-0.1, -0.05) is 48.5 Å². The van der Waals surface area contributed by atoms with Crippen LogP contribution in [0.4, 0.5) is 0 Å². The van der Waals surface area contributed by atoms with Crippen LogP contribution in [0, 0.1) is 0 Å². The Morgan fingerprint density at radius 3 is 2.61 bits per heavy atom. The summed E-state index contributed by atoms with van der Waals surface area (Å²) in [5, 5.41) is 2.11. The van der Waals surface area contributed by atoms with Crippen LogP contribution in [0.5, 0.6) is 5.75 Å². The zero-order chi connectivity index (χ0) is 23.3. The fraction of sp³-hybridized carbons (Fsp3) is 0.240. The Hall–Kier alpha value is -3.20. The number of esters is 1. The number of methoxy groups -OCH3 is 1. The Bertz CT molecular complexity index is 1270. The summed E-state index contributed by atoms with van der Waals surface area (Å²) in [6.07, 6.45) is 2.82. The summed E-state index contributed by atoms with van der Waals surface area (Å²) in [5.41, 5.74) is 1.46. The molecule has 3 aromatic carbocycles. The molecule has 0 spiro atoms. The maximum Gasteiger partial charge on any atom is 0.331 e. The second-order valence-corrected chi connectivity index (χ2v) is 9.41. The van der Waals surface area contributed by atoms with E-state index < -0.39 is 16.0 Å². The molecule has 0 bridgehead atoms. The zero-order valence-corrected chi connectivity index (χ0v) is 19.1. The van der Waals surface area contributed by atoms with Crippen molar-refractivity contribution >= 4 is 32.8 Å². The second kappa shape index (κ2) is 10.2. The fourth-order valence-electron chi connectivity index (χ4n) is 3.70. The van der Waals surface area contributed by atoms with Crippen molar-refractivity contribution in [2.75, 3.05) is 33.4 Å².